The number of halogens is 1. The van der Waals surface area contributed by atoms with Crippen LogP contribution in [0.5, 0.6) is 0 Å². The van der Waals surface area contributed by atoms with E-state index >= 15 is 0 Å². The van der Waals surface area contributed by atoms with E-state index in [1.807, 2.05) is 50.3 Å². The van der Waals surface area contributed by atoms with Crippen molar-refractivity contribution in [2.75, 3.05) is 44.7 Å². The third-order valence-electron chi connectivity index (χ3n) is 5.24. The van der Waals surface area contributed by atoms with Gasteiger partial charge in [-0.3, -0.25) is 9.67 Å². The van der Waals surface area contributed by atoms with Crippen LogP contribution in [0, 0.1) is 5.82 Å². The van der Waals surface area contributed by atoms with Crippen LogP contribution in [0.25, 0.3) is 0 Å². The number of guanidine groups is 1. The number of rotatable bonds is 6. The minimum Gasteiger partial charge on any atom is -0.370 e. The number of nitrogens with one attached hydrogen (secondary N) is 1. The Morgan fingerprint density at radius 2 is 2.17 bits per heavy atom. The number of benzene rings is 1. The van der Waals surface area contributed by atoms with E-state index in [-0.39, 0.29) is 11.9 Å². The number of aryl methyl sites for hydroxylation is 1. The molecule has 2 aromatic rings. The fourth-order valence-electron chi connectivity index (χ4n) is 3.64. The highest BCUT2D eigenvalue weighted by atomic mass is 19.1. The zero-order chi connectivity index (χ0) is 20.8. The molecule has 3 rings (SSSR count). The molecular formula is C21H31FN6O. The van der Waals surface area contributed by atoms with E-state index in [9.17, 15) is 4.39 Å². The van der Waals surface area contributed by atoms with Gasteiger partial charge in [0.25, 0.3) is 0 Å². The Bertz CT molecular complexity index is 832. The van der Waals surface area contributed by atoms with Crippen molar-refractivity contribution < 1.29 is 9.13 Å². The van der Waals surface area contributed by atoms with E-state index in [2.05, 4.69) is 20.3 Å². The van der Waals surface area contributed by atoms with Gasteiger partial charge >= 0.3 is 0 Å². The third-order valence-corrected chi connectivity index (χ3v) is 5.24. The molecule has 0 aliphatic carbocycles. The fraction of sp³-hybridized carbons (Fsp3) is 0.524. The summed E-state index contributed by atoms with van der Waals surface area (Å²) in [5, 5.41) is 7.59. The van der Waals surface area contributed by atoms with Crippen molar-refractivity contribution in [3.63, 3.8) is 0 Å². The first-order chi connectivity index (χ1) is 14.0. The molecule has 2 heterocycles. The minimum atomic E-state index is -0.189. The maximum absolute atomic E-state index is 14.5. The SMILES string of the molecule is CCN(CC)c1ccc(CNC(=NC)N2CCOC(c3cnn(C)c3)C2)cc1F. The molecule has 0 spiro atoms. The Balaban J connectivity index is 1.62. The molecule has 0 amide bonds. The lowest BCUT2D eigenvalue weighted by Gasteiger charge is -2.34. The van der Waals surface area contributed by atoms with E-state index < -0.39 is 0 Å². The summed E-state index contributed by atoms with van der Waals surface area (Å²) in [6, 6.07) is 5.43. The highest BCUT2D eigenvalue weighted by Gasteiger charge is 2.25. The fourth-order valence-corrected chi connectivity index (χ4v) is 3.64. The zero-order valence-corrected chi connectivity index (χ0v) is 17.7. The molecule has 1 aromatic heterocycles. The summed E-state index contributed by atoms with van der Waals surface area (Å²) in [5.74, 6) is 0.599. The molecule has 29 heavy (non-hydrogen) atoms. The molecule has 1 aliphatic rings. The first-order valence-electron chi connectivity index (χ1n) is 10.1. The van der Waals surface area contributed by atoms with Crippen LogP contribution < -0.4 is 10.2 Å². The van der Waals surface area contributed by atoms with Gasteiger partial charge in [0.05, 0.1) is 25.0 Å². The summed E-state index contributed by atoms with van der Waals surface area (Å²) >= 11 is 0. The van der Waals surface area contributed by atoms with E-state index in [1.54, 1.807) is 17.8 Å². The molecule has 1 unspecified atom stereocenters. The van der Waals surface area contributed by atoms with Crippen LogP contribution in [0.4, 0.5) is 10.1 Å². The molecule has 0 radical (unpaired) electrons. The second kappa shape index (κ2) is 9.73. The van der Waals surface area contributed by atoms with Crippen LogP contribution >= 0.6 is 0 Å². The Labute approximate surface area is 172 Å². The largest absolute Gasteiger partial charge is 0.370 e. The number of nitrogens with zero attached hydrogens (tertiary/aromatic N) is 5. The maximum atomic E-state index is 14.5. The minimum absolute atomic E-state index is 0.0400. The molecule has 1 fully saturated rings. The number of morpholine rings is 1. The lowest BCUT2D eigenvalue weighted by molar-refractivity contribution is -0.00805. The summed E-state index contributed by atoms with van der Waals surface area (Å²) in [6.07, 6.45) is 3.77. The molecule has 0 saturated carbocycles. The Hall–Kier alpha value is -2.61. The molecule has 1 aliphatic heterocycles. The normalized spacial score (nSPS) is 17.5. The number of anilines is 1. The van der Waals surface area contributed by atoms with Crippen LogP contribution in [0.3, 0.4) is 0 Å². The smallest absolute Gasteiger partial charge is 0.194 e. The molecule has 0 bridgehead atoms. The second-order valence-corrected chi connectivity index (χ2v) is 7.11. The molecule has 1 atom stereocenters. The van der Waals surface area contributed by atoms with Crippen molar-refractivity contribution in [1.29, 1.82) is 0 Å². The van der Waals surface area contributed by atoms with Crippen molar-refractivity contribution in [3.8, 4) is 0 Å². The summed E-state index contributed by atoms with van der Waals surface area (Å²) in [6.45, 7) is 8.21. The van der Waals surface area contributed by atoms with Gasteiger partial charge in [0.2, 0.25) is 0 Å². The molecule has 1 N–H and O–H groups in total. The van der Waals surface area contributed by atoms with Crippen LogP contribution in [-0.2, 0) is 18.3 Å². The average Bonchev–Trinajstić information content (AvgIpc) is 3.17. The first-order valence-corrected chi connectivity index (χ1v) is 10.1. The Morgan fingerprint density at radius 3 is 2.79 bits per heavy atom. The van der Waals surface area contributed by atoms with Gasteiger partial charge in [-0.15, -0.1) is 0 Å². The van der Waals surface area contributed by atoms with Crippen molar-refractivity contribution in [2.24, 2.45) is 12.0 Å². The van der Waals surface area contributed by atoms with E-state index in [0.717, 1.165) is 36.7 Å². The third kappa shape index (κ3) is 5.06. The number of aromatic nitrogens is 2. The van der Waals surface area contributed by atoms with Gasteiger partial charge in [-0.05, 0) is 31.5 Å². The van der Waals surface area contributed by atoms with Gasteiger partial charge in [-0.25, -0.2) is 4.39 Å². The summed E-state index contributed by atoms with van der Waals surface area (Å²) in [7, 11) is 3.66. The van der Waals surface area contributed by atoms with Crippen molar-refractivity contribution in [2.45, 2.75) is 26.5 Å². The summed E-state index contributed by atoms with van der Waals surface area (Å²) in [4.78, 5) is 8.59. The molecule has 158 valence electrons. The van der Waals surface area contributed by atoms with Gasteiger partial charge in [-0.1, -0.05) is 6.07 Å². The van der Waals surface area contributed by atoms with Gasteiger partial charge < -0.3 is 19.9 Å². The topological polar surface area (TPSA) is 57.9 Å². The average molecular weight is 403 g/mol. The quantitative estimate of drug-likeness (QED) is 0.595. The van der Waals surface area contributed by atoms with Gasteiger partial charge in [0.1, 0.15) is 11.9 Å². The van der Waals surface area contributed by atoms with Crippen LogP contribution in [0.2, 0.25) is 0 Å². The van der Waals surface area contributed by atoms with Crippen molar-refractivity contribution in [1.82, 2.24) is 20.0 Å². The molecular weight excluding hydrogens is 371 g/mol. The lowest BCUT2D eigenvalue weighted by Crippen LogP contribution is -2.47. The first kappa shape index (κ1) is 21.1. The molecule has 7 nitrogen and oxygen atoms in total. The van der Waals surface area contributed by atoms with Crippen LogP contribution in [0.1, 0.15) is 31.1 Å². The standard InChI is InChI=1S/C21H31FN6O/c1-5-27(6-2)19-8-7-16(11-18(19)22)12-24-21(23-3)28-9-10-29-20(15-28)17-13-25-26(4)14-17/h7-8,11,13-14,20H,5-6,9-10,12,15H2,1-4H3,(H,23,24). The zero-order valence-electron chi connectivity index (χ0n) is 17.7. The predicted octanol–water partition coefficient (Wildman–Crippen LogP) is 2.55. The van der Waals surface area contributed by atoms with Gasteiger partial charge in [0.15, 0.2) is 5.96 Å². The van der Waals surface area contributed by atoms with Gasteiger partial charge in [-0.2, -0.15) is 5.10 Å². The lowest BCUT2D eigenvalue weighted by atomic mass is 10.1. The van der Waals surface area contributed by atoms with E-state index in [0.29, 0.717) is 25.4 Å². The highest BCUT2D eigenvalue weighted by molar-refractivity contribution is 5.80. The van der Waals surface area contributed by atoms with E-state index in [4.69, 9.17) is 4.74 Å². The van der Waals surface area contributed by atoms with Gasteiger partial charge in [0, 0.05) is 52.0 Å². The number of aliphatic imine (C=N–C) groups is 1. The number of ether oxygens (including phenoxy) is 1. The summed E-state index contributed by atoms with van der Waals surface area (Å²) < 4.78 is 22.2. The monoisotopic (exact) mass is 402 g/mol. The van der Waals surface area contributed by atoms with Crippen LogP contribution in [0.15, 0.2) is 35.6 Å². The van der Waals surface area contributed by atoms with Crippen LogP contribution in [-0.4, -0.2) is 60.5 Å². The maximum Gasteiger partial charge on any atom is 0.194 e. The second-order valence-electron chi connectivity index (χ2n) is 7.11. The molecule has 1 aromatic carbocycles. The number of hydrogen-bond donors (Lipinski definition) is 1. The molecule has 1 saturated heterocycles. The number of hydrogen-bond acceptors (Lipinski definition) is 4. The summed E-state index contributed by atoms with van der Waals surface area (Å²) in [5.41, 5.74) is 2.59. The van der Waals surface area contributed by atoms with Crippen molar-refractivity contribution >= 4 is 11.6 Å². The predicted molar refractivity (Wildman–Crippen MR) is 114 cm³/mol. The Kier molecular flexibility index (Phi) is 7.09. The van der Waals surface area contributed by atoms with E-state index in [1.165, 1.54) is 0 Å². The Morgan fingerprint density at radius 1 is 1.38 bits per heavy atom. The molecule has 8 heteroatoms. The highest BCUT2D eigenvalue weighted by Crippen LogP contribution is 2.22. The van der Waals surface area contributed by atoms with Crippen molar-refractivity contribution in [3.05, 3.63) is 47.5 Å².